The molecule has 5 heteroatoms. The van der Waals surface area contributed by atoms with E-state index >= 15 is 0 Å². The average molecular weight is 212 g/mol. The summed E-state index contributed by atoms with van der Waals surface area (Å²) in [6.45, 7) is 4.16. The highest BCUT2D eigenvalue weighted by molar-refractivity contribution is 7.05. The summed E-state index contributed by atoms with van der Waals surface area (Å²) in [4.78, 5) is 12.8. The molecule has 76 valence electrons. The Hall–Kier alpha value is -0.810. The van der Waals surface area contributed by atoms with Crippen LogP contribution >= 0.6 is 11.5 Å². The first-order valence-corrected chi connectivity index (χ1v) is 5.31. The maximum Gasteiger partial charge on any atom is 0.169 e. The Morgan fingerprint density at radius 2 is 2.50 bits per heavy atom. The second kappa shape index (κ2) is 3.40. The Labute approximate surface area is 86.4 Å². The van der Waals surface area contributed by atoms with Gasteiger partial charge in [-0.15, -0.1) is 5.10 Å². The highest BCUT2D eigenvalue weighted by Gasteiger charge is 2.41. The number of ether oxygens (including phenoxy) is 1. The summed E-state index contributed by atoms with van der Waals surface area (Å²) in [5.74, 6) is 0.165. The second-order valence-electron chi connectivity index (χ2n) is 3.97. The number of carbonyl (C=O) groups excluding carboxylic acids is 1. The van der Waals surface area contributed by atoms with Gasteiger partial charge in [-0.3, -0.25) is 4.79 Å². The summed E-state index contributed by atoms with van der Waals surface area (Å²) in [5.41, 5.74) is -0.608. The van der Waals surface area contributed by atoms with Crippen LogP contribution in [-0.4, -0.2) is 27.6 Å². The Kier molecular flexibility index (Phi) is 2.36. The maximum atomic E-state index is 11.8. The summed E-state index contributed by atoms with van der Waals surface area (Å²) in [6, 6.07) is 0. The van der Waals surface area contributed by atoms with Crippen LogP contribution in [0.4, 0.5) is 0 Å². The zero-order chi connectivity index (χ0) is 10.2. The lowest BCUT2D eigenvalue weighted by Crippen LogP contribution is -2.30. The van der Waals surface area contributed by atoms with Gasteiger partial charge in [-0.05, 0) is 31.8 Å². The summed E-state index contributed by atoms with van der Waals surface area (Å²) in [7, 11) is 0. The van der Waals surface area contributed by atoms with Crippen molar-refractivity contribution in [2.75, 3.05) is 6.61 Å². The summed E-state index contributed by atoms with van der Waals surface area (Å²) < 4.78 is 9.19. The van der Waals surface area contributed by atoms with Crippen molar-refractivity contribution < 1.29 is 9.53 Å². The minimum absolute atomic E-state index is 0.0211. The average Bonchev–Trinajstić information content (AvgIpc) is 2.70. The van der Waals surface area contributed by atoms with Crippen LogP contribution in [0, 0.1) is 5.92 Å². The smallest absolute Gasteiger partial charge is 0.169 e. The van der Waals surface area contributed by atoms with E-state index in [1.54, 1.807) is 6.20 Å². The predicted molar refractivity (Wildman–Crippen MR) is 52.1 cm³/mol. The minimum atomic E-state index is -0.608. The third-order valence-corrected chi connectivity index (χ3v) is 3.15. The molecule has 1 unspecified atom stereocenters. The van der Waals surface area contributed by atoms with Crippen molar-refractivity contribution >= 4 is 17.3 Å². The Bertz CT molecular complexity index is 335. The number of hydrogen-bond donors (Lipinski definition) is 0. The minimum Gasteiger partial charge on any atom is -0.367 e. The standard InChI is InChI=1S/C9H12N2O2S/c1-9(2)8(12)6(5-13-9)3-7-4-10-11-14-7/h4,6H,3,5H2,1-2H3. The van der Waals surface area contributed by atoms with Crippen LogP contribution in [0.2, 0.25) is 0 Å². The first-order chi connectivity index (χ1) is 6.59. The van der Waals surface area contributed by atoms with Crippen LogP contribution in [0.3, 0.4) is 0 Å². The van der Waals surface area contributed by atoms with E-state index in [9.17, 15) is 4.79 Å². The Balaban J connectivity index is 2.05. The van der Waals surface area contributed by atoms with Crippen molar-refractivity contribution in [3.05, 3.63) is 11.1 Å². The van der Waals surface area contributed by atoms with Gasteiger partial charge < -0.3 is 4.74 Å². The SMILES string of the molecule is CC1(C)OCC(Cc2cnns2)C1=O. The molecule has 0 aliphatic carbocycles. The van der Waals surface area contributed by atoms with Gasteiger partial charge in [-0.2, -0.15) is 0 Å². The zero-order valence-corrected chi connectivity index (χ0v) is 9.00. The molecule has 1 aliphatic rings. The lowest BCUT2D eigenvalue weighted by molar-refractivity contribution is -0.130. The first kappa shape index (κ1) is 9.73. The molecule has 14 heavy (non-hydrogen) atoms. The quantitative estimate of drug-likeness (QED) is 0.736. The summed E-state index contributed by atoms with van der Waals surface area (Å²) in [6.07, 6.45) is 2.42. The number of hydrogen-bond acceptors (Lipinski definition) is 5. The zero-order valence-electron chi connectivity index (χ0n) is 8.19. The van der Waals surface area contributed by atoms with Crippen LogP contribution in [0.15, 0.2) is 6.20 Å². The third-order valence-electron chi connectivity index (χ3n) is 2.46. The van der Waals surface area contributed by atoms with E-state index in [4.69, 9.17) is 4.74 Å². The van der Waals surface area contributed by atoms with Gasteiger partial charge in [0.05, 0.1) is 12.8 Å². The molecule has 2 heterocycles. The second-order valence-corrected chi connectivity index (χ2v) is 4.84. The molecule has 0 aromatic carbocycles. The van der Waals surface area contributed by atoms with E-state index in [1.165, 1.54) is 11.5 Å². The molecule has 1 fully saturated rings. The molecule has 0 radical (unpaired) electrons. The van der Waals surface area contributed by atoms with E-state index in [1.807, 2.05) is 13.8 Å². The van der Waals surface area contributed by atoms with E-state index in [0.29, 0.717) is 13.0 Å². The molecule has 0 spiro atoms. The van der Waals surface area contributed by atoms with Crippen molar-refractivity contribution in [2.24, 2.45) is 5.92 Å². The fourth-order valence-corrected chi connectivity index (χ4v) is 2.19. The molecular formula is C9H12N2O2S. The van der Waals surface area contributed by atoms with E-state index in [2.05, 4.69) is 9.59 Å². The molecule has 0 bridgehead atoms. The number of rotatable bonds is 2. The predicted octanol–water partition coefficient (Wildman–Crippen LogP) is 1.07. The molecule has 0 N–H and O–H groups in total. The van der Waals surface area contributed by atoms with Gasteiger partial charge in [0.15, 0.2) is 5.78 Å². The fourth-order valence-electron chi connectivity index (χ4n) is 1.62. The van der Waals surface area contributed by atoms with Gasteiger partial charge in [0, 0.05) is 10.8 Å². The molecule has 0 saturated carbocycles. The van der Waals surface area contributed by atoms with Crippen molar-refractivity contribution in [3.63, 3.8) is 0 Å². The molecule has 4 nitrogen and oxygen atoms in total. The third kappa shape index (κ3) is 1.69. The lowest BCUT2D eigenvalue weighted by Gasteiger charge is -2.13. The molecule has 2 rings (SSSR count). The van der Waals surface area contributed by atoms with E-state index in [-0.39, 0.29) is 11.7 Å². The number of Topliss-reactive ketones (excluding diaryl/α,β-unsaturated/α-hetero) is 1. The molecule has 0 amide bonds. The highest BCUT2D eigenvalue weighted by atomic mass is 32.1. The number of carbonyl (C=O) groups is 1. The highest BCUT2D eigenvalue weighted by Crippen LogP contribution is 2.28. The Morgan fingerprint density at radius 3 is 3.00 bits per heavy atom. The van der Waals surface area contributed by atoms with Gasteiger partial charge in [0.2, 0.25) is 0 Å². The largest absolute Gasteiger partial charge is 0.367 e. The van der Waals surface area contributed by atoms with Crippen molar-refractivity contribution in [1.82, 2.24) is 9.59 Å². The molecular weight excluding hydrogens is 200 g/mol. The van der Waals surface area contributed by atoms with Gasteiger partial charge in [-0.25, -0.2) is 0 Å². The summed E-state index contributed by atoms with van der Waals surface area (Å²) in [5, 5.41) is 3.74. The fraction of sp³-hybridized carbons (Fsp3) is 0.667. The number of ketones is 1. The number of aromatic nitrogens is 2. The monoisotopic (exact) mass is 212 g/mol. The summed E-state index contributed by atoms with van der Waals surface area (Å²) >= 11 is 1.34. The lowest BCUT2D eigenvalue weighted by atomic mass is 9.93. The van der Waals surface area contributed by atoms with E-state index in [0.717, 1.165) is 4.88 Å². The van der Waals surface area contributed by atoms with Crippen LogP contribution in [0.1, 0.15) is 18.7 Å². The topological polar surface area (TPSA) is 52.1 Å². The van der Waals surface area contributed by atoms with Crippen LogP contribution < -0.4 is 0 Å². The molecule has 1 aromatic rings. The molecule has 1 aliphatic heterocycles. The van der Waals surface area contributed by atoms with Gasteiger partial charge in [-0.1, -0.05) is 4.49 Å². The molecule has 1 aromatic heterocycles. The molecule has 1 atom stereocenters. The molecule has 1 saturated heterocycles. The normalized spacial score (nSPS) is 25.6. The first-order valence-electron chi connectivity index (χ1n) is 4.54. The number of nitrogens with zero attached hydrogens (tertiary/aromatic N) is 2. The maximum absolute atomic E-state index is 11.8. The Morgan fingerprint density at radius 1 is 1.71 bits per heavy atom. The van der Waals surface area contributed by atoms with Gasteiger partial charge in [0.1, 0.15) is 5.60 Å². The van der Waals surface area contributed by atoms with E-state index < -0.39 is 5.60 Å². The van der Waals surface area contributed by atoms with Crippen LogP contribution in [0.5, 0.6) is 0 Å². The van der Waals surface area contributed by atoms with Crippen LogP contribution in [-0.2, 0) is 16.0 Å². The van der Waals surface area contributed by atoms with Crippen molar-refractivity contribution in [1.29, 1.82) is 0 Å². The van der Waals surface area contributed by atoms with Gasteiger partial charge >= 0.3 is 0 Å². The van der Waals surface area contributed by atoms with Crippen molar-refractivity contribution in [3.8, 4) is 0 Å². The van der Waals surface area contributed by atoms with Gasteiger partial charge in [0.25, 0.3) is 0 Å². The van der Waals surface area contributed by atoms with Crippen LogP contribution in [0.25, 0.3) is 0 Å². The van der Waals surface area contributed by atoms with Crippen molar-refractivity contribution in [2.45, 2.75) is 25.9 Å².